The van der Waals surface area contributed by atoms with Crippen LogP contribution in [0.15, 0.2) is 36.5 Å². The molecule has 4 nitrogen and oxygen atoms in total. The van der Waals surface area contributed by atoms with E-state index in [0.29, 0.717) is 0 Å². The lowest BCUT2D eigenvalue weighted by Gasteiger charge is -2.07. The van der Waals surface area contributed by atoms with Crippen molar-refractivity contribution in [3.63, 3.8) is 0 Å². The predicted octanol–water partition coefficient (Wildman–Crippen LogP) is 3.02. The summed E-state index contributed by atoms with van der Waals surface area (Å²) < 4.78 is 18.7. The van der Waals surface area contributed by atoms with Gasteiger partial charge in [-0.3, -0.25) is 0 Å². The summed E-state index contributed by atoms with van der Waals surface area (Å²) >= 11 is 0. The third-order valence-corrected chi connectivity index (χ3v) is 2.27. The zero-order valence-corrected chi connectivity index (χ0v) is 9.55. The second kappa shape index (κ2) is 4.83. The van der Waals surface area contributed by atoms with Crippen molar-refractivity contribution in [2.75, 3.05) is 0 Å². The fourth-order valence-corrected chi connectivity index (χ4v) is 1.38. The van der Waals surface area contributed by atoms with Crippen molar-refractivity contribution in [1.29, 1.82) is 0 Å². The number of carboxylic acids is 1. The zero-order valence-electron chi connectivity index (χ0n) is 9.55. The summed E-state index contributed by atoms with van der Waals surface area (Å²) in [4.78, 5) is 14.3. The van der Waals surface area contributed by atoms with E-state index in [2.05, 4.69) is 4.98 Å². The number of rotatable bonds is 3. The third-order valence-electron chi connectivity index (χ3n) is 2.27. The highest BCUT2D eigenvalue weighted by Gasteiger charge is 2.07. The number of pyridine rings is 1. The Morgan fingerprint density at radius 2 is 2.11 bits per heavy atom. The van der Waals surface area contributed by atoms with Crippen molar-refractivity contribution >= 4 is 5.97 Å². The number of halogens is 1. The highest BCUT2D eigenvalue weighted by atomic mass is 19.1. The molecule has 0 radical (unpaired) electrons. The monoisotopic (exact) mass is 247 g/mol. The van der Waals surface area contributed by atoms with Crippen LogP contribution in [0.3, 0.4) is 0 Å². The fourth-order valence-electron chi connectivity index (χ4n) is 1.38. The lowest BCUT2D eigenvalue weighted by molar-refractivity contribution is 0.0690. The zero-order chi connectivity index (χ0) is 13.1. The van der Waals surface area contributed by atoms with Crippen LogP contribution >= 0.6 is 0 Å². The Morgan fingerprint density at radius 1 is 1.33 bits per heavy atom. The Bertz CT molecular complexity index is 581. The van der Waals surface area contributed by atoms with E-state index < -0.39 is 11.8 Å². The van der Waals surface area contributed by atoms with E-state index in [1.165, 1.54) is 24.4 Å². The molecule has 0 spiro atoms. The number of nitrogens with zero attached hydrogens (tertiary/aromatic N) is 1. The maximum Gasteiger partial charge on any atom is 0.354 e. The number of carboxylic acid groups (broad SMARTS) is 1. The van der Waals surface area contributed by atoms with Crippen LogP contribution in [-0.2, 0) is 0 Å². The minimum Gasteiger partial charge on any atom is -0.477 e. The van der Waals surface area contributed by atoms with Crippen LogP contribution in [0.5, 0.6) is 11.5 Å². The molecule has 2 aromatic rings. The summed E-state index contributed by atoms with van der Waals surface area (Å²) in [6, 6.07) is 7.22. The lowest BCUT2D eigenvalue weighted by Crippen LogP contribution is -1.99. The van der Waals surface area contributed by atoms with E-state index in [1.54, 1.807) is 12.1 Å². The molecule has 0 saturated heterocycles. The maximum atomic E-state index is 13.4. The molecule has 0 aliphatic rings. The van der Waals surface area contributed by atoms with Crippen LogP contribution in [0.2, 0.25) is 0 Å². The highest BCUT2D eigenvalue weighted by molar-refractivity contribution is 5.85. The Hall–Kier alpha value is -2.43. The average molecular weight is 247 g/mol. The predicted molar refractivity (Wildman–Crippen MR) is 62.4 cm³/mol. The first-order valence-corrected chi connectivity index (χ1v) is 5.19. The molecule has 0 fully saturated rings. The molecule has 0 amide bonds. The summed E-state index contributed by atoms with van der Waals surface area (Å²) in [7, 11) is 0. The molecule has 92 valence electrons. The van der Waals surface area contributed by atoms with Gasteiger partial charge in [-0.05, 0) is 36.8 Å². The second-order valence-corrected chi connectivity index (χ2v) is 3.72. The van der Waals surface area contributed by atoms with Gasteiger partial charge in [-0.2, -0.15) is 0 Å². The van der Waals surface area contributed by atoms with Crippen molar-refractivity contribution in [1.82, 2.24) is 4.98 Å². The van der Waals surface area contributed by atoms with Gasteiger partial charge >= 0.3 is 5.97 Å². The quantitative estimate of drug-likeness (QED) is 0.905. The van der Waals surface area contributed by atoms with Crippen LogP contribution in [0.1, 0.15) is 16.1 Å². The van der Waals surface area contributed by atoms with Gasteiger partial charge in [0, 0.05) is 0 Å². The van der Waals surface area contributed by atoms with Crippen LogP contribution in [0.25, 0.3) is 0 Å². The van der Waals surface area contributed by atoms with Crippen LogP contribution in [-0.4, -0.2) is 16.1 Å². The second-order valence-electron chi connectivity index (χ2n) is 3.72. The van der Waals surface area contributed by atoms with Crippen molar-refractivity contribution in [3.05, 3.63) is 53.6 Å². The van der Waals surface area contributed by atoms with Gasteiger partial charge in [-0.25, -0.2) is 14.2 Å². The van der Waals surface area contributed by atoms with E-state index in [1.807, 2.05) is 6.92 Å². The fraction of sp³-hybridized carbons (Fsp3) is 0.0769. The minimum atomic E-state index is -1.12. The molecule has 2 rings (SSSR count). The summed E-state index contributed by atoms with van der Waals surface area (Å²) in [5, 5.41) is 8.68. The number of aromatic carboxylic acids is 1. The first kappa shape index (κ1) is 12.0. The molecule has 0 aliphatic carbocycles. The Morgan fingerprint density at radius 3 is 2.72 bits per heavy atom. The van der Waals surface area contributed by atoms with Crippen molar-refractivity contribution < 1.29 is 19.0 Å². The number of hydrogen-bond acceptors (Lipinski definition) is 3. The van der Waals surface area contributed by atoms with Gasteiger partial charge in [-0.15, -0.1) is 0 Å². The average Bonchev–Trinajstić information content (AvgIpc) is 2.34. The first-order chi connectivity index (χ1) is 8.56. The normalized spacial score (nSPS) is 10.1. The molecule has 5 heteroatoms. The van der Waals surface area contributed by atoms with Crippen molar-refractivity contribution in [3.8, 4) is 11.5 Å². The Balaban J connectivity index is 2.23. The molecular weight excluding hydrogens is 237 g/mol. The molecule has 0 saturated carbocycles. The standard InChI is InChI=1S/C13H10FNO3/c1-8-2-4-10(14)12(6-8)18-9-3-5-11(13(16)17)15-7-9/h2-7H,1H3,(H,16,17). The van der Waals surface area contributed by atoms with E-state index in [-0.39, 0.29) is 17.2 Å². The highest BCUT2D eigenvalue weighted by Crippen LogP contribution is 2.24. The maximum absolute atomic E-state index is 13.4. The molecule has 1 N–H and O–H groups in total. The SMILES string of the molecule is Cc1ccc(F)c(Oc2ccc(C(=O)O)nc2)c1. The van der Waals surface area contributed by atoms with Crippen LogP contribution in [0, 0.1) is 12.7 Å². The molecule has 1 aromatic carbocycles. The number of aryl methyl sites for hydroxylation is 1. The van der Waals surface area contributed by atoms with Gasteiger partial charge in [0.15, 0.2) is 11.6 Å². The topological polar surface area (TPSA) is 59.4 Å². The van der Waals surface area contributed by atoms with Gasteiger partial charge in [-0.1, -0.05) is 6.07 Å². The number of benzene rings is 1. The Labute approximate surface area is 103 Å². The van der Waals surface area contributed by atoms with Crippen molar-refractivity contribution in [2.45, 2.75) is 6.92 Å². The van der Waals surface area contributed by atoms with Gasteiger partial charge < -0.3 is 9.84 Å². The van der Waals surface area contributed by atoms with Gasteiger partial charge in [0.1, 0.15) is 11.4 Å². The number of carbonyl (C=O) groups is 1. The van der Waals surface area contributed by atoms with E-state index in [4.69, 9.17) is 9.84 Å². The van der Waals surface area contributed by atoms with E-state index >= 15 is 0 Å². The van der Waals surface area contributed by atoms with Crippen LogP contribution < -0.4 is 4.74 Å². The van der Waals surface area contributed by atoms with Gasteiger partial charge in [0.05, 0.1) is 6.20 Å². The summed E-state index contributed by atoms with van der Waals surface area (Å²) in [5.74, 6) is -1.24. The molecular formula is C13H10FNO3. The summed E-state index contributed by atoms with van der Waals surface area (Å²) in [6.45, 7) is 1.82. The lowest BCUT2D eigenvalue weighted by atomic mass is 10.2. The third kappa shape index (κ3) is 2.63. The molecule has 1 heterocycles. The molecule has 0 unspecified atom stereocenters. The number of hydrogen-bond donors (Lipinski definition) is 1. The number of ether oxygens (including phenoxy) is 1. The largest absolute Gasteiger partial charge is 0.477 e. The smallest absolute Gasteiger partial charge is 0.354 e. The van der Waals surface area contributed by atoms with E-state index in [0.717, 1.165) is 5.56 Å². The number of aromatic nitrogens is 1. The summed E-state index contributed by atoms with van der Waals surface area (Å²) in [6.07, 6.45) is 1.24. The molecule has 18 heavy (non-hydrogen) atoms. The molecule has 0 atom stereocenters. The molecule has 0 aliphatic heterocycles. The molecule has 0 bridgehead atoms. The van der Waals surface area contributed by atoms with Gasteiger partial charge in [0.2, 0.25) is 0 Å². The van der Waals surface area contributed by atoms with Crippen LogP contribution in [0.4, 0.5) is 4.39 Å². The van der Waals surface area contributed by atoms with Gasteiger partial charge in [0.25, 0.3) is 0 Å². The van der Waals surface area contributed by atoms with E-state index in [9.17, 15) is 9.18 Å². The van der Waals surface area contributed by atoms with Crippen molar-refractivity contribution in [2.24, 2.45) is 0 Å². The summed E-state index contributed by atoms with van der Waals surface area (Å²) in [5.41, 5.74) is 0.772. The Kier molecular flexibility index (Phi) is 3.23. The molecule has 1 aromatic heterocycles. The minimum absolute atomic E-state index is 0.0832. The first-order valence-electron chi connectivity index (χ1n) is 5.19.